The molecule has 0 saturated carbocycles. The Morgan fingerprint density at radius 3 is 2.35 bits per heavy atom. The third-order valence-electron chi connectivity index (χ3n) is 6.00. The third kappa shape index (κ3) is 6.63. The summed E-state index contributed by atoms with van der Waals surface area (Å²) in [4.78, 5) is 23.9. The van der Waals surface area contributed by atoms with Gasteiger partial charge in [0.25, 0.3) is 0 Å². The van der Waals surface area contributed by atoms with Crippen LogP contribution in [0.15, 0.2) is 47.2 Å². The fourth-order valence-electron chi connectivity index (χ4n) is 3.99. The van der Waals surface area contributed by atoms with Crippen molar-refractivity contribution in [1.82, 2.24) is 20.0 Å². The summed E-state index contributed by atoms with van der Waals surface area (Å²) >= 11 is 0. The molecule has 1 saturated heterocycles. The Balaban J connectivity index is 1.26. The first-order valence-corrected chi connectivity index (χ1v) is 12.1. The van der Waals surface area contributed by atoms with E-state index in [-0.39, 0.29) is 11.4 Å². The molecule has 4 rings (SSSR count). The molecule has 3 aromatic rings. The number of carbonyl (C=O) groups is 1. The summed E-state index contributed by atoms with van der Waals surface area (Å²) in [6, 6.07) is 8.95. The van der Waals surface area contributed by atoms with Crippen LogP contribution in [0, 0.1) is 0 Å². The van der Waals surface area contributed by atoms with E-state index in [0.29, 0.717) is 17.3 Å². The molecule has 0 spiro atoms. The fourth-order valence-corrected chi connectivity index (χ4v) is 3.99. The van der Waals surface area contributed by atoms with Gasteiger partial charge in [0.15, 0.2) is 5.82 Å². The predicted molar refractivity (Wildman–Crippen MR) is 134 cm³/mol. The van der Waals surface area contributed by atoms with E-state index in [1.165, 1.54) is 32.4 Å². The van der Waals surface area contributed by atoms with Crippen LogP contribution in [0.1, 0.15) is 58.0 Å². The van der Waals surface area contributed by atoms with Crippen molar-refractivity contribution in [3.05, 3.63) is 54.3 Å². The Morgan fingerprint density at radius 1 is 1.00 bits per heavy atom. The summed E-state index contributed by atoms with van der Waals surface area (Å²) in [6.45, 7) is 9.65. The van der Waals surface area contributed by atoms with Gasteiger partial charge in [-0.2, -0.15) is 0 Å². The molecule has 0 aliphatic carbocycles. The monoisotopic (exact) mass is 462 g/mol. The second kappa shape index (κ2) is 10.8. The van der Waals surface area contributed by atoms with Gasteiger partial charge in [0.1, 0.15) is 11.6 Å². The first kappa shape index (κ1) is 23.9. The highest BCUT2D eigenvalue weighted by atomic mass is 16.5. The molecular formula is C26H34N6O2. The number of aromatic nitrogens is 3. The molecule has 2 amide bonds. The number of urea groups is 1. The molecule has 0 atom stereocenters. The highest BCUT2D eigenvalue weighted by Crippen LogP contribution is 2.25. The van der Waals surface area contributed by atoms with Gasteiger partial charge < -0.3 is 14.7 Å². The van der Waals surface area contributed by atoms with Gasteiger partial charge in [-0.05, 0) is 56.6 Å². The molecular weight excluding hydrogens is 428 g/mol. The molecule has 0 bridgehead atoms. The van der Waals surface area contributed by atoms with E-state index in [1.807, 2.05) is 57.4 Å². The number of rotatable bonds is 7. The molecule has 34 heavy (non-hydrogen) atoms. The van der Waals surface area contributed by atoms with Crippen LogP contribution < -0.4 is 10.6 Å². The van der Waals surface area contributed by atoms with E-state index in [0.717, 1.165) is 36.3 Å². The lowest BCUT2D eigenvalue weighted by Crippen LogP contribution is -2.30. The van der Waals surface area contributed by atoms with E-state index in [2.05, 4.69) is 30.7 Å². The zero-order valence-corrected chi connectivity index (χ0v) is 20.3. The fraction of sp³-hybridized carbons (Fsp3) is 0.462. The van der Waals surface area contributed by atoms with E-state index in [1.54, 1.807) is 6.07 Å². The molecule has 3 heterocycles. The number of hydrogen-bond acceptors (Lipinski definition) is 6. The largest absolute Gasteiger partial charge is 0.359 e. The van der Waals surface area contributed by atoms with Crippen LogP contribution in [0.5, 0.6) is 0 Å². The zero-order chi connectivity index (χ0) is 24.0. The highest BCUT2D eigenvalue weighted by molar-refractivity contribution is 5.99. The summed E-state index contributed by atoms with van der Waals surface area (Å²) < 4.78 is 5.30. The van der Waals surface area contributed by atoms with Crippen LogP contribution in [-0.2, 0) is 11.8 Å². The minimum Gasteiger partial charge on any atom is -0.359 e. The lowest BCUT2D eigenvalue weighted by Gasteiger charge is -2.26. The average molecular weight is 463 g/mol. The van der Waals surface area contributed by atoms with Crippen molar-refractivity contribution in [2.75, 3.05) is 30.3 Å². The van der Waals surface area contributed by atoms with Crippen molar-refractivity contribution >= 4 is 17.5 Å². The number of nitrogens with zero attached hydrogens (tertiary/aromatic N) is 4. The van der Waals surface area contributed by atoms with Gasteiger partial charge in [-0.1, -0.05) is 44.5 Å². The molecule has 1 aromatic carbocycles. The maximum atomic E-state index is 12.3. The smallest absolute Gasteiger partial charge is 0.324 e. The molecule has 1 aliphatic rings. The van der Waals surface area contributed by atoms with E-state index in [9.17, 15) is 4.79 Å². The maximum absolute atomic E-state index is 12.3. The Kier molecular flexibility index (Phi) is 7.57. The molecule has 0 radical (unpaired) electrons. The first-order chi connectivity index (χ1) is 16.4. The van der Waals surface area contributed by atoms with Crippen molar-refractivity contribution in [3.63, 3.8) is 0 Å². The van der Waals surface area contributed by atoms with E-state index in [4.69, 9.17) is 4.52 Å². The van der Waals surface area contributed by atoms with Crippen molar-refractivity contribution in [2.45, 2.75) is 58.3 Å². The Morgan fingerprint density at radius 2 is 1.71 bits per heavy atom. The first-order valence-electron chi connectivity index (χ1n) is 12.1. The minimum absolute atomic E-state index is 0.172. The van der Waals surface area contributed by atoms with Crippen molar-refractivity contribution in [2.24, 2.45) is 0 Å². The van der Waals surface area contributed by atoms with Crippen LogP contribution >= 0.6 is 0 Å². The average Bonchev–Trinajstić information content (AvgIpc) is 3.30. The Hall–Kier alpha value is -3.26. The lowest BCUT2D eigenvalue weighted by molar-refractivity contribution is 0.226. The van der Waals surface area contributed by atoms with Crippen molar-refractivity contribution in [1.29, 1.82) is 0 Å². The highest BCUT2D eigenvalue weighted by Gasteiger charge is 2.20. The maximum Gasteiger partial charge on any atom is 0.324 e. The SMILES string of the molecule is CC(C)(C)c1cc(NC(=O)Nc2ccc(-c3cnc(CCCN4CCCCC4)nc3)cc2)no1. The molecule has 1 fully saturated rings. The predicted octanol–water partition coefficient (Wildman–Crippen LogP) is 5.49. The number of carbonyl (C=O) groups excluding carboxylic acids is 1. The number of piperidine rings is 1. The lowest BCUT2D eigenvalue weighted by atomic mass is 9.93. The Bertz CT molecular complexity index is 1060. The van der Waals surface area contributed by atoms with Crippen LogP contribution in [0.25, 0.3) is 11.1 Å². The van der Waals surface area contributed by atoms with Crippen LogP contribution in [0.2, 0.25) is 0 Å². The van der Waals surface area contributed by atoms with Gasteiger partial charge in [0, 0.05) is 41.5 Å². The number of likely N-dealkylation sites (tertiary alicyclic amines) is 1. The second-order valence-electron chi connectivity index (χ2n) is 9.88. The molecule has 2 N–H and O–H groups in total. The van der Waals surface area contributed by atoms with Crippen LogP contribution in [0.3, 0.4) is 0 Å². The minimum atomic E-state index is -0.376. The summed E-state index contributed by atoms with van der Waals surface area (Å²) in [5, 5.41) is 9.41. The van der Waals surface area contributed by atoms with Crippen molar-refractivity contribution in [3.8, 4) is 11.1 Å². The zero-order valence-electron chi connectivity index (χ0n) is 20.3. The molecule has 8 heteroatoms. The Labute approximate surface area is 201 Å². The summed E-state index contributed by atoms with van der Waals surface area (Å²) in [5.41, 5.74) is 2.45. The van der Waals surface area contributed by atoms with Gasteiger partial charge in [0.05, 0.1) is 0 Å². The van der Waals surface area contributed by atoms with Gasteiger partial charge in [-0.25, -0.2) is 14.8 Å². The van der Waals surface area contributed by atoms with Gasteiger partial charge in [0.2, 0.25) is 0 Å². The van der Waals surface area contributed by atoms with Crippen LogP contribution in [-0.4, -0.2) is 45.7 Å². The normalized spacial score (nSPS) is 14.7. The molecule has 1 aliphatic heterocycles. The topological polar surface area (TPSA) is 96.2 Å². The summed E-state index contributed by atoms with van der Waals surface area (Å²) in [5.74, 6) is 1.98. The standard InChI is InChI=1S/C26H34N6O2/c1-26(2,3)22-16-24(31-34-22)30-25(33)29-21-11-9-19(10-12-21)20-17-27-23(28-18-20)8-7-15-32-13-5-4-6-14-32/h9-12,16-18H,4-8,13-15H2,1-3H3,(H2,29,30,31,33). The van der Waals surface area contributed by atoms with Crippen molar-refractivity contribution < 1.29 is 9.32 Å². The molecule has 180 valence electrons. The molecule has 0 unspecified atom stereocenters. The number of hydrogen-bond donors (Lipinski definition) is 2. The van der Waals surface area contributed by atoms with Crippen LogP contribution in [0.4, 0.5) is 16.3 Å². The second-order valence-corrected chi connectivity index (χ2v) is 9.88. The number of benzene rings is 1. The van der Waals surface area contributed by atoms with Gasteiger partial charge >= 0.3 is 6.03 Å². The van der Waals surface area contributed by atoms with E-state index < -0.39 is 0 Å². The van der Waals surface area contributed by atoms with E-state index >= 15 is 0 Å². The quantitative estimate of drug-likeness (QED) is 0.482. The number of amides is 2. The number of aryl methyl sites for hydroxylation is 1. The molecule has 8 nitrogen and oxygen atoms in total. The number of anilines is 2. The summed E-state index contributed by atoms with van der Waals surface area (Å²) in [7, 11) is 0. The van der Waals surface area contributed by atoms with Gasteiger partial charge in [-0.15, -0.1) is 0 Å². The third-order valence-corrected chi connectivity index (χ3v) is 6.00. The molecule has 2 aromatic heterocycles. The van der Waals surface area contributed by atoms with Gasteiger partial charge in [-0.3, -0.25) is 5.32 Å². The summed E-state index contributed by atoms with van der Waals surface area (Å²) in [6.07, 6.45) is 9.75. The number of nitrogens with one attached hydrogen (secondary N) is 2.